The Morgan fingerprint density at radius 2 is 1.70 bits per heavy atom. The van der Waals surface area contributed by atoms with E-state index in [9.17, 15) is 18.5 Å². The molecule has 0 aliphatic heterocycles. The second-order valence-electron chi connectivity index (χ2n) is 6.77. The summed E-state index contributed by atoms with van der Waals surface area (Å²) in [5, 5.41) is 12.4. The highest BCUT2D eigenvalue weighted by Crippen LogP contribution is 2.37. The number of aryl methyl sites for hydroxylation is 1. The molecular weight excluding hydrogens is 596 g/mol. The molecule has 1 N–H and O–H groups in total. The van der Waals surface area contributed by atoms with Crippen LogP contribution in [0.4, 0.5) is 5.69 Å². The van der Waals surface area contributed by atoms with E-state index >= 15 is 0 Å². The molecule has 168 valence electrons. The molecule has 6 nitrogen and oxygen atoms in total. The van der Waals surface area contributed by atoms with Crippen molar-refractivity contribution in [2.75, 3.05) is 5.32 Å². The van der Waals surface area contributed by atoms with Gasteiger partial charge in [0.1, 0.15) is 16.5 Å². The number of para-hydroxylation sites is 1. The Balaban J connectivity index is 1.87. The van der Waals surface area contributed by atoms with E-state index in [0.717, 1.165) is 5.56 Å². The van der Waals surface area contributed by atoms with Gasteiger partial charge < -0.3 is 9.50 Å². The number of anilines is 1. The summed E-state index contributed by atoms with van der Waals surface area (Å²) in [5.74, 6) is -0.605. The molecule has 0 heterocycles. The van der Waals surface area contributed by atoms with Crippen molar-refractivity contribution in [2.24, 2.45) is 0 Å². The SMILES string of the molecule is Cc1ccc(S(=O)(=O)Oc2c(Br)cc(/C=C(\C#N)C(=O)Nc3ccccc3Cl)cc2Br)cc1. The first-order valence-corrected chi connectivity index (χ1v) is 12.7. The number of hydrogen-bond acceptors (Lipinski definition) is 5. The van der Waals surface area contributed by atoms with Crippen LogP contribution >= 0.6 is 43.5 Å². The normalized spacial score (nSPS) is 11.5. The van der Waals surface area contributed by atoms with Crippen LogP contribution < -0.4 is 9.50 Å². The summed E-state index contributed by atoms with van der Waals surface area (Å²) in [6, 6.07) is 17.8. The van der Waals surface area contributed by atoms with Crippen LogP contribution in [0.3, 0.4) is 0 Å². The van der Waals surface area contributed by atoms with Gasteiger partial charge in [0.2, 0.25) is 0 Å². The van der Waals surface area contributed by atoms with Crippen LogP contribution in [0.2, 0.25) is 5.02 Å². The topological polar surface area (TPSA) is 96.3 Å². The van der Waals surface area contributed by atoms with Crippen LogP contribution in [0.1, 0.15) is 11.1 Å². The Kier molecular flexibility index (Phi) is 7.97. The van der Waals surface area contributed by atoms with Crippen molar-refractivity contribution in [2.45, 2.75) is 11.8 Å². The third-order valence-electron chi connectivity index (χ3n) is 4.32. The molecular formula is C23H15Br2ClN2O4S. The first kappa shape index (κ1) is 25.0. The quantitative estimate of drug-likeness (QED) is 0.196. The van der Waals surface area contributed by atoms with E-state index in [-0.39, 0.29) is 16.2 Å². The van der Waals surface area contributed by atoms with Crippen molar-refractivity contribution in [3.8, 4) is 11.8 Å². The van der Waals surface area contributed by atoms with Crippen LogP contribution in [-0.4, -0.2) is 14.3 Å². The molecule has 0 aliphatic rings. The number of carbonyl (C=O) groups is 1. The number of benzene rings is 3. The van der Waals surface area contributed by atoms with E-state index < -0.39 is 16.0 Å². The van der Waals surface area contributed by atoms with Gasteiger partial charge in [0.15, 0.2) is 5.75 Å². The van der Waals surface area contributed by atoms with Crippen LogP contribution in [0.15, 0.2) is 80.1 Å². The predicted molar refractivity (Wildman–Crippen MR) is 135 cm³/mol. The van der Waals surface area contributed by atoms with Gasteiger partial charge in [-0.05, 0) is 86.8 Å². The van der Waals surface area contributed by atoms with Crippen molar-refractivity contribution in [3.63, 3.8) is 0 Å². The molecule has 0 bridgehead atoms. The summed E-state index contributed by atoms with van der Waals surface area (Å²) in [5.41, 5.74) is 1.58. The molecule has 1 amide bonds. The van der Waals surface area contributed by atoms with E-state index in [1.807, 2.05) is 13.0 Å². The molecule has 3 rings (SSSR count). The highest BCUT2D eigenvalue weighted by molar-refractivity contribution is 9.11. The molecule has 33 heavy (non-hydrogen) atoms. The molecule has 0 aliphatic carbocycles. The van der Waals surface area contributed by atoms with Crippen LogP contribution in [0.25, 0.3) is 6.08 Å². The van der Waals surface area contributed by atoms with Crippen LogP contribution in [0, 0.1) is 18.3 Å². The minimum Gasteiger partial charge on any atom is -0.377 e. The van der Waals surface area contributed by atoms with Gasteiger partial charge in [-0.2, -0.15) is 13.7 Å². The number of amides is 1. The number of rotatable bonds is 6. The number of halogens is 3. The van der Waals surface area contributed by atoms with Gasteiger partial charge in [0.05, 0.1) is 19.7 Å². The molecule has 10 heteroatoms. The lowest BCUT2D eigenvalue weighted by molar-refractivity contribution is -0.112. The van der Waals surface area contributed by atoms with Crippen molar-refractivity contribution >= 4 is 71.2 Å². The summed E-state index contributed by atoms with van der Waals surface area (Å²) in [6.45, 7) is 1.85. The zero-order chi connectivity index (χ0) is 24.2. The van der Waals surface area contributed by atoms with Crippen molar-refractivity contribution in [1.29, 1.82) is 5.26 Å². The largest absolute Gasteiger partial charge is 0.377 e. The summed E-state index contributed by atoms with van der Waals surface area (Å²) >= 11 is 12.6. The molecule has 3 aromatic rings. The van der Waals surface area contributed by atoms with Crippen molar-refractivity contribution in [3.05, 3.63) is 91.3 Å². The zero-order valence-electron chi connectivity index (χ0n) is 17.0. The van der Waals surface area contributed by atoms with Gasteiger partial charge in [-0.3, -0.25) is 4.79 Å². The minimum atomic E-state index is -4.07. The smallest absolute Gasteiger partial charge is 0.339 e. The fraction of sp³-hybridized carbons (Fsp3) is 0.0435. The molecule has 0 aromatic heterocycles. The Morgan fingerprint density at radius 1 is 1.09 bits per heavy atom. The van der Waals surface area contributed by atoms with Gasteiger partial charge in [-0.1, -0.05) is 41.4 Å². The molecule has 0 saturated heterocycles. The fourth-order valence-electron chi connectivity index (χ4n) is 2.67. The number of nitrogens with one attached hydrogen (secondary N) is 1. The summed E-state index contributed by atoms with van der Waals surface area (Å²) in [7, 11) is -4.07. The highest BCUT2D eigenvalue weighted by atomic mass is 79.9. The maximum absolute atomic E-state index is 12.6. The van der Waals surface area contributed by atoms with Gasteiger partial charge in [-0.15, -0.1) is 0 Å². The first-order valence-electron chi connectivity index (χ1n) is 9.28. The van der Waals surface area contributed by atoms with Gasteiger partial charge >= 0.3 is 10.1 Å². The molecule has 0 unspecified atom stereocenters. The van der Waals surface area contributed by atoms with Crippen LogP contribution in [0.5, 0.6) is 5.75 Å². The first-order chi connectivity index (χ1) is 15.6. The van der Waals surface area contributed by atoms with E-state index in [1.54, 1.807) is 36.4 Å². The third kappa shape index (κ3) is 6.24. The van der Waals surface area contributed by atoms with Crippen molar-refractivity contribution in [1.82, 2.24) is 0 Å². The average molecular weight is 611 g/mol. The fourth-order valence-corrected chi connectivity index (χ4v) is 5.42. The van der Waals surface area contributed by atoms with Crippen LogP contribution in [-0.2, 0) is 14.9 Å². The maximum atomic E-state index is 12.6. The second kappa shape index (κ2) is 10.5. The molecule has 0 radical (unpaired) electrons. The lowest BCUT2D eigenvalue weighted by atomic mass is 10.1. The Bertz CT molecular complexity index is 1380. The lowest BCUT2D eigenvalue weighted by Crippen LogP contribution is -2.13. The number of hydrogen-bond donors (Lipinski definition) is 1. The zero-order valence-corrected chi connectivity index (χ0v) is 21.7. The Morgan fingerprint density at radius 3 is 2.27 bits per heavy atom. The summed E-state index contributed by atoms with van der Waals surface area (Å²) in [4.78, 5) is 12.5. The monoisotopic (exact) mass is 608 g/mol. The number of nitriles is 1. The minimum absolute atomic E-state index is 0.0129. The lowest BCUT2D eigenvalue weighted by Gasteiger charge is -2.12. The van der Waals surface area contributed by atoms with Crippen molar-refractivity contribution < 1.29 is 17.4 Å². The second-order valence-corrected chi connectivity index (χ2v) is 10.4. The van der Waals surface area contributed by atoms with Gasteiger partial charge in [0.25, 0.3) is 5.91 Å². The van der Waals surface area contributed by atoms with E-state index in [4.69, 9.17) is 15.8 Å². The summed E-state index contributed by atoms with van der Waals surface area (Å²) in [6.07, 6.45) is 1.36. The van der Waals surface area contributed by atoms with Gasteiger partial charge in [0, 0.05) is 0 Å². The Hall–Kier alpha value is -2.64. The van der Waals surface area contributed by atoms with E-state index in [1.165, 1.54) is 30.3 Å². The molecule has 0 fully saturated rings. The van der Waals surface area contributed by atoms with E-state index in [0.29, 0.717) is 25.2 Å². The molecule has 0 saturated carbocycles. The predicted octanol–water partition coefficient (Wildman–Crippen LogP) is 6.49. The standard InChI is InChI=1S/C23H15Br2ClN2O4S/c1-14-6-8-17(9-7-14)33(30,31)32-22-18(24)11-15(12-19(22)25)10-16(13-27)23(29)28-21-5-3-2-4-20(21)26/h2-12H,1H3,(H,28,29)/b16-10+. The van der Waals surface area contributed by atoms with E-state index in [2.05, 4.69) is 37.2 Å². The van der Waals surface area contributed by atoms with Gasteiger partial charge in [-0.25, -0.2) is 0 Å². The highest BCUT2D eigenvalue weighted by Gasteiger charge is 2.21. The maximum Gasteiger partial charge on any atom is 0.339 e. The molecule has 3 aromatic carbocycles. The number of carbonyl (C=O) groups excluding carboxylic acids is 1. The molecule has 0 atom stereocenters. The third-order valence-corrected chi connectivity index (χ3v) is 7.06. The summed E-state index contributed by atoms with van der Waals surface area (Å²) < 4.78 is 31.2. The molecule has 0 spiro atoms. The Labute approximate surface area is 213 Å². The number of nitrogens with zero attached hydrogens (tertiary/aromatic N) is 1. The average Bonchev–Trinajstić information content (AvgIpc) is 2.76.